The lowest BCUT2D eigenvalue weighted by Gasteiger charge is -2.01. The Morgan fingerprint density at radius 1 is 1.24 bits per heavy atom. The molecule has 0 spiro atoms. The fourth-order valence-electron chi connectivity index (χ4n) is 1.75. The third kappa shape index (κ3) is 5.75. The number of para-hydroxylation sites is 1. The van der Waals surface area contributed by atoms with Gasteiger partial charge in [0, 0.05) is 12.1 Å². The normalized spacial score (nSPS) is 10.9. The number of furan rings is 1. The van der Waals surface area contributed by atoms with Crippen molar-refractivity contribution in [3.63, 3.8) is 0 Å². The van der Waals surface area contributed by atoms with Crippen molar-refractivity contribution in [3.05, 3.63) is 70.2 Å². The summed E-state index contributed by atoms with van der Waals surface area (Å²) in [6.07, 6.45) is 5.32. The van der Waals surface area contributed by atoms with Crippen LogP contribution in [-0.2, 0) is 9.59 Å². The summed E-state index contributed by atoms with van der Waals surface area (Å²) in [5.41, 5.74) is 2.29. The lowest BCUT2D eigenvalue weighted by Crippen LogP contribution is -2.34. The molecule has 0 aliphatic carbocycles. The Hall–Kier alpha value is -3.75. The highest BCUT2D eigenvalue weighted by atomic mass is 16.6. The van der Waals surface area contributed by atoms with Gasteiger partial charge in [0.25, 0.3) is 11.6 Å². The van der Waals surface area contributed by atoms with E-state index in [4.69, 9.17) is 4.42 Å². The highest BCUT2D eigenvalue weighted by Crippen LogP contribution is 2.14. The van der Waals surface area contributed by atoms with Gasteiger partial charge in [-0.05, 0) is 24.3 Å². The zero-order chi connectivity index (χ0) is 18.1. The highest BCUT2D eigenvalue weighted by molar-refractivity contribution is 5.94. The Bertz CT molecular complexity index is 812. The molecule has 1 heterocycles. The molecule has 9 nitrogen and oxygen atoms in total. The third-order valence-corrected chi connectivity index (χ3v) is 2.89. The summed E-state index contributed by atoms with van der Waals surface area (Å²) in [4.78, 5) is 33.4. The summed E-state index contributed by atoms with van der Waals surface area (Å²) < 4.78 is 5.02. The number of rotatable bonds is 7. The van der Waals surface area contributed by atoms with Crippen molar-refractivity contribution in [2.24, 2.45) is 5.10 Å². The Kier molecular flexibility index (Phi) is 6.18. The minimum absolute atomic E-state index is 0.128. The lowest BCUT2D eigenvalue weighted by molar-refractivity contribution is -0.385. The van der Waals surface area contributed by atoms with Crippen LogP contribution in [0.2, 0.25) is 0 Å². The van der Waals surface area contributed by atoms with Gasteiger partial charge < -0.3 is 9.73 Å². The number of benzene rings is 1. The van der Waals surface area contributed by atoms with E-state index in [1.165, 1.54) is 36.6 Å². The molecule has 0 bridgehead atoms. The standard InChI is InChI=1S/C16H14N4O5/c21-15(8-7-13-5-3-9-25-13)17-11-16(22)19-18-10-12-4-1-2-6-14(12)20(23)24/h1-10H,11H2,(H,17,21)(H,19,22)/b8-7+,18-10?. The first-order chi connectivity index (χ1) is 12.1. The molecule has 0 radical (unpaired) electrons. The predicted molar refractivity (Wildman–Crippen MR) is 89.6 cm³/mol. The van der Waals surface area contributed by atoms with E-state index in [1.807, 2.05) is 0 Å². The van der Waals surface area contributed by atoms with E-state index in [-0.39, 0.29) is 17.8 Å². The van der Waals surface area contributed by atoms with Crippen LogP contribution in [0.3, 0.4) is 0 Å². The van der Waals surface area contributed by atoms with Crippen LogP contribution >= 0.6 is 0 Å². The summed E-state index contributed by atoms with van der Waals surface area (Å²) in [7, 11) is 0. The van der Waals surface area contributed by atoms with Gasteiger partial charge >= 0.3 is 0 Å². The molecule has 128 valence electrons. The number of hydrogen-bond donors (Lipinski definition) is 2. The average Bonchev–Trinajstić information content (AvgIpc) is 3.12. The SMILES string of the molecule is O=C(/C=C/c1ccco1)NCC(=O)NN=Cc1ccccc1[N+](=O)[O-]. The smallest absolute Gasteiger partial charge is 0.278 e. The summed E-state index contributed by atoms with van der Waals surface area (Å²) >= 11 is 0. The van der Waals surface area contributed by atoms with Gasteiger partial charge in [-0.3, -0.25) is 19.7 Å². The maximum atomic E-state index is 11.6. The van der Waals surface area contributed by atoms with Gasteiger partial charge in [0.05, 0.1) is 29.5 Å². The van der Waals surface area contributed by atoms with E-state index in [9.17, 15) is 19.7 Å². The summed E-state index contributed by atoms with van der Waals surface area (Å²) in [6.45, 7) is -0.296. The fraction of sp³-hybridized carbons (Fsp3) is 0.0625. The molecule has 2 rings (SSSR count). The van der Waals surface area contributed by atoms with E-state index in [2.05, 4.69) is 15.8 Å². The van der Waals surface area contributed by atoms with Gasteiger partial charge in [0.1, 0.15) is 5.76 Å². The monoisotopic (exact) mass is 342 g/mol. The number of nitrogens with one attached hydrogen (secondary N) is 2. The minimum atomic E-state index is -0.574. The van der Waals surface area contributed by atoms with Crippen molar-refractivity contribution < 1.29 is 18.9 Å². The summed E-state index contributed by atoms with van der Waals surface area (Å²) in [5, 5.41) is 16.8. The van der Waals surface area contributed by atoms with Crippen LogP contribution in [0.5, 0.6) is 0 Å². The van der Waals surface area contributed by atoms with Crippen LogP contribution in [0.25, 0.3) is 6.08 Å². The quantitative estimate of drug-likeness (QED) is 0.341. The molecule has 1 aromatic heterocycles. The second-order valence-corrected chi connectivity index (χ2v) is 4.68. The molecule has 2 aromatic rings. The van der Waals surface area contributed by atoms with Crippen LogP contribution in [-0.4, -0.2) is 29.5 Å². The zero-order valence-corrected chi connectivity index (χ0v) is 12.9. The first-order valence-corrected chi connectivity index (χ1v) is 7.11. The molecule has 0 fully saturated rings. The van der Waals surface area contributed by atoms with Crippen LogP contribution in [0.4, 0.5) is 5.69 Å². The number of amides is 2. The molecular weight excluding hydrogens is 328 g/mol. The molecule has 0 saturated heterocycles. The average molecular weight is 342 g/mol. The van der Waals surface area contributed by atoms with Crippen LogP contribution in [0.15, 0.2) is 58.3 Å². The highest BCUT2D eigenvalue weighted by Gasteiger charge is 2.10. The van der Waals surface area contributed by atoms with Crippen molar-refractivity contribution in [1.82, 2.24) is 10.7 Å². The Labute approximate surface area is 142 Å². The number of nitrogens with zero attached hydrogens (tertiary/aromatic N) is 2. The van der Waals surface area contributed by atoms with Crippen molar-refractivity contribution >= 4 is 29.8 Å². The van der Waals surface area contributed by atoms with Gasteiger partial charge in [0.15, 0.2) is 0 Å². The minimum Gasteiger partial charge on any atom is -0.465 e. The fourth-order valence-corrected chi connectivity index (χ4v) is 1.75. The number of carbonyl (C=O) groups excluding carboxylic acids is 2. The van der Waals surface area contributed by atoms with E-state index >= 15 is 0 Å². The summed E-state index contributed by atoms with van der Waals surface area (Å²) in [5.74, 6) is -0.544. The molecule has 0 aliphatic heterocycles. The van der Waals surface area contributed by atoms with E-state index in [0.29, 0.717) is 5.76 Å². The van der Waals surface area contributed by atoms with Crippen LogP contribution < -0.4 is 10.7 Å². The molecule has 0 atom stereocenters. The number of carbonyl (C=O) groups is 2. The number of nitro benzene ring substituents is 1. The van der Waals surface area contributed by atoms with Gasteiger partial charge in [-0.15, -0.1) is 0 Å². The lowest BCUT2D eigenvalue weighted by atomic mass is 10.2. The Morgan fingerprint density at radius 2 is 2.04 bits per heavy atom. The second kappa shape index (κ2) is 8.77. The van der Waals surface area contributed by atoms with Gasteiger partial charge in [-0.2, -0.15) is 5.10 Å². The van der Waals surface area contributed by atoms with Gasteiger partial charge in [-0.25, -0.2) is 5.43 Å². The maximum Gasteiger partial charge on any atom is 0.278 e. The van der Waals surface area contributed by atoms with E-state index in [1.54, 1.807) is 18.2 Å². The van der Waals surface area contributed by atoms with E-state index < -0.39 is 16.7 Å². The molecule has 0 aliphatic rings. The second-order valence-electron chi connectivity index (χ2n) is 4.68. The van der Waals surface area contributed by atoms with Gasteiger partial charge in [-0.1, -0.05) is 12.1 Å². The molecule has 1 aromatic carbocycles. The largest absolute Gasteiger partial charge is 0.465 e. The predicted octanol–water partition coefficient (Wildman–Crippen LogP) is 1.47. The van der Waals surface area contributed by atoms with Crippen LogP contribution in [0, 0.1) is 10.1 Å². The van der Waals surface area contributed by atoms with Crippen molar-refractivity contribution in [3.8, 4) is 0 Å². The molecule has 9 heteroatoms. The zero-order valence-electron chi connectivity index (χ0n) is 12.9. The number of hydrazone groups is 1. The molecule has 2 amide bonds. The third-order valence-electron chi connectivity index (χ3n) is 2.89. The van der Waals surface area contributed by atoms with Gasteiger partial charge in [0.2, 0.25) is 5.91 Å². The van der Waals surface area contributed by atoms with Crippen LogP contribution in [0.1, 0.15) is 11.3 Å². The van der Waals surface area contributed by atoms with E-state index in [0.717, 1.165) is 6.21 Å². The maximum absolute atomic E-state index is 11.6. The molecule has 2 N–H and O–H groups in total. The number of nitro groups is 1. The Balaban J connectivity index is 1.79. The molecule has 25 heavy (non-hydrogen) atoms. The van der Waals surface area contributed by atoms with Crippen molar-refractivity contribution in [2.45, 2.75) is 0 Å². The molecule has 0 saturated carbocycles. The first kappa shape index (κ1) is 17.6. The topological polar surface area (TPSA) is 127 Å². The Morgan fingerprint density at radius 3 is 2.76 bits per heavy atom. The summed E-state index contributed by atoms with van der Waals surface area (Å²) in [6, 6.07) is 9.32. The molecule has 0 unspecified atom stereocenters. The first-order valence-electron chi connectivity index (χ1n) is 7.11. The van der Waals surface area contributed by atoms with Crippen molar-refractivity contribution in [2.75, 3.05) is 6.54 Å². The van der Waals surface area contributed by atoms with Crippen molar-refractivity contribution in [1.29, 1.82) is 0 Å². The molecular formula is C16H14N4O5. The number of hydrogen-bond acceptors (Lipinski definition) is 6.